The summed E-state index contributed by atoms with van der Waals surface area (Å²) in [7, 11) is 0. The maximum atomic E-state index is 12.3. The molecular weight excluding hydrogens is 376 g/mol. The molecule has 0 bridgehead atoms. The quantitative estimate of drug-likeness (QED) is 0.422. The van der Waals surface area contributed by atoms with E-state index in [2.05, 4.69) is 11.4 Å². The normalized spacial score (nSPS) is 16.6. The molecule has 0 unspecified atom stereocenters. The highest BCUT2D eigenvalue weighted by Crippen LogP contribution is 2.31. The Kier molecular flexibility index (Phi) is 7.15. The van der Waals surface area contributed by atoms with E-state index in [4.69, 9.17) is 4.74 Å². The number of amides is 1. The van der Waals surface area contributed by atoms with Crippen molar-refractivity contribution < 1.29 is 19.2 Å². The van der Waals surface area contributed by atoms with Crippen molar-refractivity contribution in [3.8, 4) is 6.07 Å². The van der Waals surface area contributed by atoms with Crippen LogP contribution >= 0.6 is 0 Å². The van der Waals surface area contributed by atoms with Gasteiger partial charge in [-0.3, -0.25) is 19.7 Å². The summed E-state index contributed by atoms with van der Waals surface area (Å²) in [6, 6.07) is 8.58. The van der Waals surface area contributed by atoms with Crippen molar-refractivity contribution in [2.24, 2.45) is 11.8 Å². The lowest BCUT2D eigenvalue weighted by Crippen LogP contribution is -2.50. The molecule has 1 aliphatic rings. The molecule has 9 heteroatoms. The van der Waals surface area contributed by atoms with E-state index in [-0.39, 0.29) is 17.5 Å². The van der Waals surface area contributed by atoms with Crippen molar-refractivity contribution in [1.29, 1.82) is 5.26 Å². The molecule has 1 atom stereocenters. The Bertz CT molecular complexity index is 811. The van der Waals surface area contributed by atoms with Gasteiger partial charge in [0.25, 0.3) is 11.6 Å². The van der Waals surface area contributed by atoms with Gasteiger partial charge in [0, 0.05) is 19.2 Å². The van der Waals surface area contributed by atoms with Crippen molar-refractivity contribution in [3.63, 3.8) is 0 Å². The van der Waals surface area contributed by atoms with Gasteiger partial charge in [0.1, 0.15) is 11.2 Å². The molecular formula is C20H26N4O5. The van der Waals surface area contributed by atoms with Gasteiger partial charge in [-0.15, -0.1) is 0 Å². The number of benzene rings is 1. The number of nitriles is 1. The van der Waals surface area contributed by atoms with Gasteiger partial charge in [-0.25, -0.2) is 0 Å². The molecule has 0 spiro atoms. The molecule has 9 nitrogen and oxygen atoms in total. The Labute approximate surface area is 169 Å². The molecule has 1 heterocycles. The first-order valence-corrected chi connectivity index (χ1v) is 9.55. The highest BCUT2D eigenvalue weighted by molar-refractivity contribution is 5.82. The highest BCUT2D eigenvalue weighted by atomic mass is 16.6. The molecule has 1 aliphatic heterocycles. The topological polar surface area (TPSA) is 126 Å². The molecule has 2 rings (SSSR count). The number of hydrogen-bond donors (Lipinski definition) is 1. The number of para-hydroxylation sites is 2. The molecule has 1 amide bonds. The van der Waals surface area contributed by atoms with Crippen LogP contribution in [0.4, 0.5) is 11.4 Å². The average Bonchev–Trinajstić information content (AvgIpc) is 2.71. The number of rotatable bonds is 7. The summed E-state index contributed by atoms with van der Waals surface area (Å²) in [5, 5.41) is 23.0. The number of carbonyl (C=O) groups excluding carboxylic acids is 2. The van der Waals surface area contributed by atoms with Crippen LogP contribution in [0.5, 0.6) is 0 Å². The minimum Gasteiger partial charge on any atom is -0.455 e. The smallest absolute Gasteiger partial charge is 0.309 e. The fraction of sp³-hybridized carbons (Fsp3) is 0.550. The zero-order valence-corrected chi connectivity index (χ0v) is 16.9. The van der Waals surface area contributed by atoms with E-state index in [1.807, 2.05) is 18.7 Å². The number of nitrogens with one attached hydrogen (secondary N) is 1. The Morgan fingerprint density at radius 2 is 2.00 bits per heavy atom. The van der Waals surface area contributed by atoms with Gasteiger partial charge < -0.3 is 15.0 Å². The molecule has 1 aromatic rings. The zero-order chi connectivity index (χ0) is 21.6. The summed E-state index contributed by atoms with van der Waals surface area (Å²) in [6.07, 6.45) is 0.961. The summed E-state index contributed by atoms with van der Waals surface area (Å²) in [5.41, 5.74) is -0.455. The molecule has 1 saturated heterocycles. The monoisotopic (exact) mass is 402 g/mol. The number of nitro groups is 1. The molecule has 29 heavy (non-hydrogen) atoms. The number of nitrogens with zero attached hydrogens (tertiary/aromatic N) is 3. The van der Waals surface area contributed by atoms with Gasteiger partial charge >= 0.3 is 5.97 Å². The van der Waals surface area contributed by atoms with Crippen LogP contribution in [0.2, 0.25) is 0 Å². The van der Waals surface area contributed by atoms with Crippen LogP contribution < -0.4 is 10.2 Å². The fourth-order valence-electron chi connectivity index (χ4n) is 3.12. The SMILES string of the molecule is CC(C)[C@@](C)(C#N)NC(=O)COC(=O)C1CCN(c2ccccc2[N+](=O)[O-])CC1. The molecule has 0 aliphatic carbocycles. The molecule has 0 saturated carbocycles. The van der Waals surface area contributed by atoms with E-state index >= 15 is 0 Å². The number of esters is 1. The summed E-state index contributed by atoms with van der Waals surface area (Å²) >= 11 is 0. The zero-order valence-electron chi connectivity index (χ0n) is 16.9. The average molecular weight is 402 g/mol. The van der Waals surface area contributed by atoms with E-state index in [9.17, 15) is 25.0 Å². The van der Waals surface area contributed by atoms with Gasteiger partial charge in [-0.1, -0.05) is 26.0 Å². The van der Waals surface area contributed by atoms with E-state index in [1.54, 1.807) is 25.1 Å². The van der Waals surface area contributed by atoms with Crippen molar-refractivity contribution in [2.45, 2.75) is 39.2 Å². The third-order valence-electron chi connectivity index (χ3n) is 5.38. The van der Waals surface area contributed by atoms with E-state index in [1.165, 1.54) is 6.07 Å². The highest BCUT2D eigenvalue weighted by Gasteiger charge is 2.32. The van der Waals surface area contributed by atoms with Crippen LogP contribution in [0.3, 0.4) is 0 Å². The van der Waals surface area contributed by atoms with Gasteiger partial charge in [-0.2, -0.15) is 5.26 Å². The Hall–Kier alpha value is -3.15. The first kappa shape index (κ1) is 22.1. The van der Waals surface area contributed by atoms with Crippen LogP contribution in [0.1, 0.15) is 33.6 Å². The summed E-state index contributed by atoms with van der Waals surface area (Å²) in [6.45, 7) is 5.79. The molecule has 1 N–H and O–H groups in total. The number of anilines is 1. The standard InChI is InChI=1S/C20H26N4O5/c1-14(2)20(3,13-21)22-18(25)12-29-19(26)15-8-10-23(11-9-15)16-6-4-5-7-17(16)24(27)28/h4-7,14-15H,8-12H2,1-3H3,(H,22,25)/t20-/m1/s1. The number of hydrogen-bond acceptors (Lipinski definition) is 7. The lowest BCUT2D eigenvalue weighted by molar-refractivity contribution is -0.384. The summed E-state index contributed by atoms with van der Waals surface area (Å²) < 4.78 is 5.13. The van der Waals surface area contributed by atoms with Crippen LogP contribution in [-0.4, -0.2) is 42.0 Å². The maximum absolute atomic E-state index is 12.3. The Morgan fingerprint density at radius 3 is 2.55 bits per heavy atom. The molecule has 0 radical (unpaired) electrons. The van der Waals surface area contributed by atoms with Crippen LogP contribution in [0.15, 0.2) is 24.3 Å². The minimum atomic E-state index is -1.03. The third-order valence-corrected chi connectivity index (χ3v) is 5.38. The second kappa shape index (κ2) is 9.37. The lowest BCUT2D eigenvalue weighted by Gasteiger charge is -2.32. The van der Waals surface area contributed by atoms with Crippen LogP contribution in [0.25, 0.3) is 0 Å². The predicted molar refractivity (Wildman–Crippen MR) is 106 cm³/mol. The summed E-state index contributed by atoms with van der Waals surface area (Å²) in [5.74, 6) is -1.45. The Balaban J connectivity index is 1.86. The van der Waals surface area contributed by atoms with Gasteiger partial charge in [0.15, 0.2) is 6.61 Å². The molecule has 1 fully saturated rings. The maximum Gasteiger partial charge on any atom is 0.309 e. The largest absolute Gasteiger partial charge is 0.455 e. The molecule has 156 valence electrons. The number of nitro benzene ring substituents is 1. The number of piperidine rings is 1. The van der Waals surface area contributed by atoms with Crippen molar-refractivity contribution in [2.75, 3.05) is 24.6 Å². The Morgan fingerprint density at radius 1 is 1.38 bits per heavy atom. The van der Waals surface area contributed by atoms with Crippen molar-refractivity contribution in [1.82, 2.24) is 5.32 Å². The molecule has 1 aromatic carbocycles. The van der Waals surface area contributed by atoms with E-state index < -0.39 is 28.9 Å². The van der Waals surface area contributed by atoms with Crippen molar-refractivity contribution >= 4 is 23.3 Å². The number of ether oxygens (including phenoxy) is 1. The van der Waals surface area contributed by atoms with Crippen LogP contribution in [-0.2, 0) is 14.3 Å². The first-order chi connectivity index (χ1) is 13.7. The van der Waals surface area contributed by atoms with Gasteiger partial charge in [0.05, 0.1) is 16.9 Å². The third kappa shape index (κ3) is 5.44. The predicted octanol–water partition coefficient (Wildman–Crippen LogP) is 2.41. The second-order valence-corrected chi connectivity index (χ2v) is 7.63. The van der Waals surface area contributed by atoms with Gasteiger partial charge in [0.2, 0.25) is 0 Å². The van der Waals surface area contributed by atoms with E-state index in [0.29, 0.717) is 31.6 Å². The second-order valence-electron chi connectivity index (χ2n) is 7.63. The van der Waals surface area contributed by atoms with Crippen molar-refractivity contribution in [3.05, 3.63) is 34.4 Å². The minimum absolute atomic E-state index is 0.0379. The first-order valence-electron chi connectivity index (χ1n) is 9.55. The van der Waals surface area contributed by atoms with E-state index in [0.717, 1.165) is 0 Å². The summed E-state index contributed by atoms with van der Waals surface area (Å²) in [4.78, 5) is 37.0. The lowest BCUT2D eigenvalue weighted by atomic mass is 9.90. The van der Waals surface area contributed by atoms with Gasteiger partial charge in [-0.05, 0) is 31.7 Å². The molecule has 0 aromatic heterocycles. The van der Waals surface area contributed by atoms with Crippen LogP contribution in [0, 0.1) is 33.3 Å². The number of carbonyl (C=O) groups is 2. The fourth-order valence-corrected chi connectivity index (χ4v) is 3.12.